The predicted octanol–water partition coefficient (Wildman–Crippen LogP) is 1.75. The van der Waals surface area contributed by atoms with Crippen LogP contribution in [-0.2, 0) is 9.59 Å². The molecule has 1 fully saturated rings. The van der Waals surface area contributed by atoms with Crippen molar-refractivity contribution in [3.8, 4) is 0 Å². The van der Waals surface area contributed by atoms with Gasteiger partial charge in [0.05, 0.1) is 0 Å². The maximum Gasteiger partial charge on any atom is 0.225 e. The zero-order valence-electron chi connectivity index (χ0n) is 12.4. The summed E-state index contributed by atoms with van der Waals surface area (Å²) in [6.07, 6.45) is 0. The van der Waals surface area contributed by atoms with Crippen molar-refractivity contribution in [2.75, 3.05) is 13.1 Å². The lowest BCUT2D eigenvalue weighted by molar-refractivity contribution is -0.149. The van der Waals surface area contributed by atoms with Crippen LogP contribution < -0.4 is 0 Å². The van der Waals surface area contributed by atoms with Gasteiger partial charge >= 0.3 is 0 Å². The Kier molecular flexibility index (Phi) is 4.77. The third kappa shape index (κ3) is 3.03. The molecule has 0 aromatic carbocycles. The first-order valence-corrected chi connectivity index (χ1v) is 6.86. The van der Waals surface area contributed by atoms with E-state index >= 15 is 0 Å². The lowest BCUT2D eigenvalue weighted by Gasteiger charge is -2.45. The number of carbonyl (C=O) groups excluding carboxylic acids is 2. The van der Waals surface area contributed by atoms with Crippen LogP contribution in [0, 0.1) is 11.8 Å². The molecule has 0 radical (unpaired) electrons. The average molecular weight is 254 g/mol. The molecule has 0 aliphatic carbocycles. The van der Waals surface area contributed by atoms with E-state index in [1.54, 1.807) is 0 Å². The number of carbonyl (C=O) groups is 2. The highest BCUT2D eigenvalue weighted by molar-refractivity contribution is 5.81. The Labute approximate surface area is 110 Å². The fourth-order valence-corrected chi connectivity index (χ4v) is 2.60. The Morgan fingerprint density at radius 1 is 0.889 bits per heavy atom. The minimum absolute atomic E-state index is 0.0160. The van der Waals surface area contributed by atoms with Gasteiger partial charge < -0.3 is 9.80 Å². The van der Waals surface area contributed by atoms with Crippen LogP contribution in [0.25, 0.3) is 0 Å². The summed E-state index contributed by atoms with van der Waals surface area (Å²) in [5.74, 6) is 0.413. The highest BCUT2D eigenvalue weighted by Crippen LogP contribution is 2.19. The van der Waals surface area contributed by atoms with Crippen molar-refractivity contribution in [2.24, 2.45) is 11.8 Å². The van der Waals surface area contributed by atoms with Gasteiger partial charge in [-0.2, -0.15) is 0 Å². The Morgan fingerprint density at radius 3 is 1.61 bits per heavy atom. The molecule has 2 unspecified atom stereocenters. The fraction of sp³-hybridized carbons (Fsp3) is 0.857. The van der Waals surface area contributed by atoms with Gasteiger partial charge in [-0.1, -0.05) is 27.7 Å². The first kappa shape index (κ1) is 15.0. The maximum atomic E-state index is 12.2. The van der Waals surface area contributed by atoms with Gasteiger partial charge in [-0.05, 0) is 13.8 Å². The molecule has 1 aliphatic heterocycles. The summed E-state index contributed by atoms with van der Waals surface area (Å²) < 4.78 is 0. The van der Waals surface area contributed by atoms with Crippen LogP contribution in [0.15, 0.2) is 0 Å². The molecule has 0 bridgehead atoms. The van der Waals surface area contributed by atoms with E-state index in [1.165, 1.54) is 0 Å². The van der Waals surface area contributed by atoms with Crippen molar-refractivity contribution in [1.82, 2.24) is 9.80 Å². The van der Waals surface area contributed by atoms with Gasteiger partial charge in [-0.3, -0.25) is 9.59 Å². The smallest absolute Gasteiger partial charge is 0.225 e. The van der Waals surface area contributed by atoms with Gasteiger partial charge in [0.1, 0.15) is 0 Å². The van der Waals surface area contributed by atoms with E-state index in [-0.39, 0.29) is 35.7 Å². The number of hydrogen-bond acceptors (Lipinski definition) is 2. The van der Waals surface area contributed by atoms with Crippen LogP contribution in [0.5, 0.6) is 0 Å². The van der Waals surface area contributed by atoms with E-state index in [0.29, 0.717) is 13.1 Å². The second-order valence-corrected chi connectivity index (χ2v) is 6.00. The molecule has 2 atom stereocenters. The van der Waals surface area contributed by atoms with E-state index in [2.05, 4.69) is 0 Å². The molecule has 0 spiro atoms. The quantitative estimate of drug-likeness (QED) is 0.753. The highest BCUT2D eigenvalue weighted by Gasteiger charge is 2.35. The van der Waals surface area contributed by atoms with Crippen molar-refractivity contribution < 1.29 is 9.59 Å². The zero-order chi connectivity index (χ0) is 14.0. The van der Waals surface area contributed by atoms with Crippen LogP contribution >= 0.6 is 0 Å². The Hall–Kier alpha value is -1.06. The third-order valence-electron chi connectivity index (χ3n) is 3.47. The first-order chi connectivity index (χ1) is 8.25. The van der Waals surface area contributed by atoms with Gasteiger partial charge in [0.15, 0.2) is 0 Å². The van der Waals surface area contributed by atoms with E-state index in [0.717, 1.165) is 0 Å². The molecular weight excluding hydrogens is 228 g/mol. The van der Waals surface area contributed by atoms with Crippen molar-refractivity contribution >= 4 is 11.8 Å². The van der Waals surface area contributed by atoms with Crippen molar-refractivity contribution in [2.45, 2.75) is 53.6 Å². The molecule has 1 saturated heterocycles. The molecule has 0 aromatic rings. The van der Waals surface area contributed by atoms with E-state index in [4.69, 9.17) is 0 Å². The summed E-state index contributed by atoms with van der Waals surface area (Å²) in [5.41, 5.74) is 0. The van der Waals surface area contributed by atoms with Gasteiger partial charge in [-0.15, -0.1) is 0 Å². The Balaban J connectivity index is 2.77. The predicted molar refractivity (Wildman–Crippen MR) is 72.0 cm³/mol. The maximum absolute atomic E-state index is 12.2. The van der Waals surface area contributed by atoms with Crippen LogP contribution in [0.4, 0.5) is 0 Å². The third-order valence-corrected chi connectivity index (χ3v) is 3.47. The van der Waals surface area contributed by atoms with Gasteiger partial charge in [0, 0.05) is 37.0 Å². The van der Waals surface area contributed by atoms with E-state index in [9.17, 15) is 9.59 Å². The topological polar surface area (TPSA) is 40.6 Å². The SMILES string of the molecule is CC(C)C(=O)N1CC(C)N(C(=O)C(C)C)C(C)C1. The molecule has 0 aromatic heterocycles. The molecular formula is C14H26N2O2. The number of piperazine rings is 1. The number of hydrogen-bond donors (Lipinski definition) is 0. The average Bonchev–Trinajstić information content (AvgIpc) is 2.26. The molecule has 0 saturated carbocycles. The van der Waals surface area contributed by atoms with Gasteiger partial charge in [0.25, 0.3) is 0 Å². The normalized spacial score (nSPS) is 24.9. The van der Waals surface area contributed by atoms with Crippen molar-refractivity contribution in [1.29, 1.82) is 0 Å². The molecule has 104 valence electrons. The van der Waals surface area contributed by atoms with Crippen molar-refractivity contribution in [3.63, 3.8) is 0 Å². The zero-order valence-corrected chi connectivity index (χ0v) is 12.4. The summed E-state index contributed by atoms with van der Waals surface area (Å²) in [7, 11) is 0. The molecule has 2 amide bonds. The summed E-state index contributed by atoms with van der Waals surface area (Å²) in [4.78, 5) is 28.0. The highest BCUT2D eigenvalue weighted by atomic mass is 16.2. The van der Waals surface area contributed by atoms with Gasteiger partial charge in [-0.25, -0.2) is 0 Å². The van der Waals surface area contributed by atoms with Gasteiger partial charge in [0.2, 0.25) is 11.8 Å². The molecule has 0 N–H and O–H groups in total. The van der Waals surface area contributed by atoms with Crippen LogP contribution in [0.3, 0.4) is 0 Å². The summed E-state index contributed by atoms with van der Waals surface area (Å²) >= 11 is 0. The number of amides is 2. The molecule has 1 rings (SSSR count). The summed E-state index contributed by atoms with van der Waals surface area (Å²) in [6.45, 7) is 13.0. The number of nitrogens with zero attached hydrogens (tertiary/aromatic N) is 2. The molecule has 4 heteroatoms. The molecule has 1 heterocycles. The minimum Gasteiger partial charge on any atom is -0.338 e. The first-order valence-electron chi connectivity index (χ1n) is 6.86. The second-order valence-electron chi connectivity index (χ2n) is 6.00. The lowest BCUT2D eigenvalue weighted by Crippen LogP contribution is -2.61. The molecule has 18 heavy (non-hydrogen) atoms. The van der Waals surface area contributed by atoms with Crippen LogP contribution in [0.2, 0.25) is 0 Å². The Bertz CT molecular complexity index is 314. The fourth-order valence-electron chi connectivity index (χ4n) is 2.60. The molecule has 4 nitrogen and oxygen atoms in total. The summed E-state index contributed by atoms with van der Waals surface area (Å²) in [5, 5.41) is 0. The lowest BCUT2D eigenvalue weighted by atomic mass is 10.0. The Morgan fingerprint density at radius 2 is 1.28 bits per heavy atom. The second kappa shape index (κ2) is 5.72. The standard InChI is InChI=1S/C14H26N2O2/c1-9(2)13(17)15-7-11(5)16(12(6)8-15)14(18)10(3)4/h9-12H,7-8H2,1-6H3. The van der Waals surface area contributed by atoms with Crippen LogP contribution in [-0.4, -0.2) is 46.8 Å². The largest absolute Gasteiger partial charge is 0.338 e. The van der Waals surface area contributed by atoms with Crippen LogP contribution in [0.1, 0.15) is 41.5 Å². The molecule has 1 aliphatic rings. The summed E-state index contributed by atoms with van der Waals surface area (Å²) in [6, 6.07) is 0.206. The monoisotopic (exact) mass is 254 g/mol. The van der Waals surface area contributed by atoms with E-state index < -0.39 is 0 Å². The number of rotatable bonds is 2. The van der Waals surface area contributed by atoms with Crippen molar-refractivity contribution in [3.05, 3.63) is 0 Å². The minimum atomic E-state index is 0.0160. The van der Waals surface area contributed by atoms with E-state index in [1.807, 2.05) is 51.3 Å².